The van der Waals surface area contributed by atoms with Gasteiger partial charge in [0.1, 0.15) is 6.26 Å². The van der Waals surface area contributed by atoms with Gasteiger partial charge in [0.2, 0.25) is 0 Å². The number of aliphatic hydroxyl groups is 1. The molecule has 3 nitrogen and oxygen atoms in total. The van der Waals surface area contributed by atoms with Gasteiger partial charge in [0, 0.05) is 18.5 Å². The lowest BCUT2D eigenvalue weighted by Gasteiger charge is -2.22. The second kappa shape index (κ2) is 8.97. The topological polar surface area (TPSA) is 32.7 Å². The first-order chi connectivity index (χ1) is 13.5. The lowest BCUT2D eigenvalue weighted by atomic mass is 10.1. The van der Waals surface area contributed by atoms with E-state index in [1.54, 1.807) is 18.4 Å². The molecule has 6 heteroatoms. The highest BCUT2D eigenvalue weighted by Gasteiger charge is 2.29. The molecule has 1 unspecified atom stereocenters. The van der Waals surface area contributed by atoms with Crippen molar-refractivity contribution >= 4 is 11.8 Å². The summed E-state index contributed by atoms with van der Waals surface area (Å²) in [5.74, 6) is 0. The molecule has 0 spiro atoms. The quantitative estimate of drug-likeness (QED) is 0.647. The summed E-state index contributed by atoms with van der Waals surface area (Å²) in [7, 11) is 0. The molecular weight excluding hydrogens is 367 g/mol. The van der Waals surface area contributed by atoms with E-state index in [-0.39, 0.29) is 12.8 Å². The van der Waals surface area contributed by atoms with Crippen LogP contribution in [0.3, 0.4) is 0 Å². The highest BCUT2D eigenvalue weighted by Crippen LogP contribution is 2.29. The van der Waals surface area contributed by atoms with Crippen LogP contribution in [0.25, 0.3) is 6.08 Å². The minimum Gasteiger partial charge on any atom is -0.473 e. The van der Waals surface area contributed by atoms with E-state index in [0.717, 1.165) is 37.1 Å². The third-order valence-electron chi connectivity index (χ3n) is 4.51. The van der Waals surface area contributed by atoms with Gasteiger partial charge >= 0.3 is 6.18 Å². The number of aliphatic hydroxyl groups excluding tert-OH is 1. The highest BCUT2D eigenvalue weighted by atomic mass is 19.4. The molecule has 1 atom stereocenters. The zero-order chi connectivity index (χ0) is 20.0. The zero-order valence-electron chi connectivity index (χ0n) is 15.3. The lowest BCUT2D eigenvalue weighted by molar-refractivity contribution is -0.137. The third kappa shape index (κ3) is 5.16. The Morgan fingerprint density at radius 1 is 1.00 bits per heavy atom. The van der Waals surface area contributed by atoms with Crippen LogP contribution in [-0.2, 0) is 17.3 Å². The Morgan fingerprint density at radius 2 is 1.71 bits per heavy atom. The second-order valence-corrected chi connectivity index (χ2v) is 6.55. The van der Waals surface area contributed by atoms with Crippen molar-refractivity contribution in [3.05, 3.63) is 83.8 Å². The van der Waals surface area contributed by atoms with Crippen LogP contribution in [0.2, 0.25) is 0 Å². The number of hydrogen-bond acceptors (Lipinski definition) is 3. The van der Waals surface area contributed by atoms with Crippen LogP contribution in [0.5, 0.6) is 0 Å². The fourth-order valence-electron chi connectivity index (χ4n) is 2.95. The minimum absolute atomic E-state index is 0.209. The maximum Gasteiger partial charge on any atom is 0.416 e. The number of ether oxygens (including phenoxy) is 1. The number of halogens is 3. The van der Waals surface area contributed by atoms with E-state index in [1.165, 1.54) is 17.7 Å². The zero-order valence-corrected chi connectivity index (χ0v) is 15.3. The maximum atomic E-state index is 12.6. The summed E-state index contributed by atoms with van der Waals surface area (Å²) in [5.41, 5.74) is 2.17. The molecule has 0 amide bonds. The molecule has 0 bridgehead atoms. The van der Waals surface area contributed by atoms with Gasteiger partial charge < -0.3 is 14.7 Å². The SMILES string of the molecule is OCCCCc1ccc(N2C=COC2/C=C/c2ccc(C(F)(F)F)cc2)cc1. The molecule has 28 heavy (non-hydrogen) atoms. The van der Waals surface area contributed by atoms with Gasteiger partial charge in [-0.25, -0.2) is 0 Å². The fourth-order valence-corrected chi connectivity index (χ4v) is 2.95. The number of alkyl halides is 3. The minimum atomic E-state index is -4.33. The van der Waals surface area contributed by atoms with Gasteiger partial charge in [0.15, 0.2) is 6.23 Å². The van der Waals surface area contributed by atoms with E-state index in [9.17, 15) is 13.2 Å². The number of rotatable bonds is 7. The summed E-state index contributed by atoms with van der Waals surface area (Å²) < 4.78 is 43.5. The fraction of sp³-hybridized carbons (Fsp3) is 0.273. The van der Waals surface area contributed by atoms with Crippen molar-refractivity contribution in [1.29, 1.82) is 0 Å². The largest absolute Gasteiger partial charge is 0.473 e. The summed E-state index contributed by atoms with van der Waals surface area (Å²) in [4.78, 5) is 1.94. The highest BCUT2D eigenvalue weighted by molar-refractivity contribution is 5.56. The molecule has 1 aliphatic heterocycles. The molecule has 0 radical (unpaired) electrons. The third-order valence-corrected chi connectivity index (χ3v) is 4.51. The molecule has 2 aromatic rings. The van der Waals surface area contributed by atoms with E-state index >= 15 is 0 Å². The van der Waals surface area contributed by atoms with Gasteiger partial charge in [-0.15, -0.1) is 0 Å². The standard InChI is InChI=1S/C22H22F3NO2/c23-22(24,25)19-9-4-18(5-10-19)8-13-21-26(14-16-28-21)20-11-6-17(7-12-20)3-1-2-15-27/h4-14,16,21,27H,1-3,15H2/b13-8+. The average molecular weight is 389 g/mol. The Morgan fingerprint density at radius 3 is 2.36 bits per heavy atom. The molecule has 0 aromatic heterocycles. The number of hydrogen-bond donors (Lipinski definition) is 1. The average Bonchev–Trinajstić information content (AvgIpc) is 3.15. The number of anilines is 1. The van der Waals surface area contributed by atoms with E-state index in [0.29, 0.717) is 5.56 Å². The summed E-state index contributed by atoms with van der Waals surface area (Å²) >= 11 is 0. The Balaban J connectivity index is 1.64. The molecule has 0 fully saturated rings. The molecule has 2 aromatic carbocycles. The van der Waals surface area contributed by atoms with Gasteiger partial charge in [-0.1, -0.05) is 30.3 Å². The predicted molar refractivity (Wildman–Crippen MR) is 103 cm³/mol. The number of benzene rings is 2. The van der Waals surface area contributed by atoms with Crippen molar-refractivity contribution in [2.75, 3.05) is 11.5 Å². The van der Waals surface area contributed by atoms with Crippen LogP contribution in [0, 0.1) is 0 Å². The van der Waals surface area contributed by atoms with Crippen LogP contribution in [-0.4, -0.2) is 17.9 Å². The molecule has 1 heterocycles. The molecule has 0 saturated heterocycles. The Kier molecular flexibility index (Phi) is 6.41. The van der Waals surface area contributed by atoms with E-state index in [2.05, 4.69) is 12.1 Å². The van der Waals surface area contributed by atoms with Crippen LogP contribution in [0.4, 0.5) is 18.9 Å². The molecule has 0 aliphatic carbocycles. The molecule has 1 N–H and O–H groups in total. The molecule has 0 saturated carbocycles. The maximum absolute atomic E-state index is 12.6. The normalized spacial score (nSPS) is 16.7. The van der Waals surface area contributed by atoms with Crippen molar-refractivity contribution in [1.82, 2.24) is 0 Å². The van der Waals surface area contributed by atoms with Crippen molar-refractivity contribution in [2.45, 2.75) is 31.7 Å². The number of unbranched alkanes of at least 4 members (excludes halogenated alkanes) is 1. The molecule has 1 aliphatic rings. The Bertz CT molecular complexity index is 811. The van der Waals surface area contributed by atoms with Crippen LogP contribution >= 0.6 is 0 Å². The molecule has 148 valence electrons. The van der Waals surface area contributed by atoms with Crippen molar-refractivity contribution in [3.8, 4) is 0 Å². The van der Waals surface area contributed by atoms with E-state index in [4.69, 9.17) is 9.84 Å². The van der Waals surface area contributed by atoms with Crippen LogP contribution < -0.4 is 4.90 Å². The lowest BCUT2D eigenvalue weighted by Crippen LogP contribution is -2.25. The van der Waals surface area contributed by atoms with Gasteiger partial charge in [-0.05, 0) is 60.7 Å². The van der Waals surface area contributed by atoms with Gasteiger partial charge in [-0.2, -0.15) is 13.2 Å². The van der Waals surface area contributed by atoms with Gasteiger partial charge in [0.05, 0.1) is 5.56 Å². The monoisotopic (exact) mass is 389 g/mol. The van der Waals surface area contributed by atoms with Crippen LogP contribution in [0.1, 0.15) is 29.5 Å². The van der Waals surface area contributed by atoms with Gasteiger partial charge in [0.25, 0.3) is 0 Å². The first-order valence-corrected chi connectivity index (χ1v) is 9.13. The van der Waals surface area contributed by atoms with E-state index in [1.807, 2.05) is 23.2 Å². The van der Waals surface area contributed by atoms with Gasteiger partial charge in [-0.3, -0.25) is 0 Å². The van der Waals surface area contributed by atoms with E-state index < -0.39 is 11.7 Å². The Labute approximate surface area is 162 Å². The molecular formula is C22H22F3NO2. The summed E-state index contributed by atoms with van der Waals surface area (Å²) in [5, 5.41) is 8.86. The van der Waals surface area contributed by atoms with Crippen molar-refractivity contribution in [3.63, 3.8) is 0 Å². The summed E-state index contributed by atoms with van der Waals surface area (Å²) in [6.45, 7) is 0.209. The predicted octanol–water partition coefficient (Wildman–Crippen LogP) is 5.37. The summed E-state index contributed by atoms with van der Waals surface area (Å²) in [6, 6.07) is 13.1. The van der Waals surface area contributed by atoms with Crippen LogP contribution in [0.15, 0.2) is 67.1 Å². The smallest absolute Gasteiger partial charge is 0.416 e. The first kappa shape index (κ1) is 20.0. The Hall–Kier alpha value is -2.73. The second-order valence-electron chi connectivity index (χ2n) is 6.55. The number of nitrogens with zero attached hydrogens (tertiary/aromatic N) is 1. The summed E-state index contributed by atoms with van der Waals surface area (Å²) in [6.07, 6.45) is 4.93. The number of aryl methyl sites for hydroxylation is 1. The molecule has 3 rings (SSSR count). The van der Waals surface area contributed by atoms with Crippen molar-refractivity contribution in [2.24, 2.45) is 0 Å². The van der Waals surface area contributed by atoms with Crippen molar-refractivity contribution < 1.29 is 23.0 Å². The first-order valence-electron chi connectivity index (χ1n) is 9.13.